The molecular formula is C17H33N3O. The van der Waals surface area contributed by atoms with Gasteiger partial charge < -0.3 is 15.1 Å². The Balaban J connectivity index is 1.71. The Bertz CT molecular complexity index is 318. The lowest BCUT2D eigenvalue weighted by Gasteiger charge is -2.36. The normalized spacial score (nSPS) is 22.5. The van der Waals surface area contributed by atoms with Gasteiger partial charge in [-0.05, 0) is 31.6 Å². The quantitative estimate of drug-likeness (QED) is 0.865. The third-order valence-corrected chi connectivity index (χ3v) is 4.98. The van der Waals surface area contributed by atoms with E-state index in [9.17, 15) is 4.79 Å². The summed E-state index contributed by atoms with van der Waals surface area (Å²) < 4.78 is 0. The first-order valence-electron chi connectivity index (χ1n) is 8.82. The molecule has 1 aliphatic carbocycles. The minimum atomic E-state index is 0.143. The summed E-state index contributed by atoms with van der Waals surface area (Å²) in [5.41, 5.74) is 0. The number of carbonyl (C=O) groups excluding carboxylic acids is 1. The molecule has 0 aromatic rings. The smallest absolute Gasteiger partial charge is 0.317 e. The van der Waals surface area contributed by atoms with Crippen LogP contribution in [0, 0.1) is 5.92 Å². The van der Waals surface area contributed by atoms with Crippen molar-refractivity contribution < 1.29 is 4.79 Å². The van der Waals surface area contributed by atoms with E-state index in [4.69, 9.17) is 0 Å². The molecule has 122 valence electrons. The summed E-state index contributed by atoms with van der Waals surface area (Å²) in [7, 11) is 1.97. The van der Waals surface area contributed by atoms with E-state index in [0.717, 1.165) is 31.8 Å². The van der Waals surface area contributed by atoms with Crippen molar-refractivity contribution in [2.75, 3.05) is 26.7 Å². The van der Waals surface area contributed by atoms with Crippen LogP contribution in [0.4, 0.5) is 4.79 Å². The van der Waals surface area contributed by atoms with Crippen molar-refractivity contribution in [3.63, 3.8) is 0 Å². The number of carbonyl (C=O) groups is 1. The summed E-state index contributed by atoms with van der Waals surface area (Å²) in [4.78, 5) is 16.9. The molecule has 2 aliphatic rings. The van der Waals surface area contributed by atoms with Crippen LogP contribution in [0.5, 0.6) is 0 Å². The summed E-state index contributed by atoms with van der Waals surface area (Å²) in [6.07, 6.45) is 8.42. The van der Waals surface area contributed by atoms with Crippen molar-refractivity contribution in [2.24, 2.45) is 5.92 Å². The van der Waals surface area contributed by atoms with E-state index in [1.54, 1.807) is 0 Å². The maximum absolute atomic E-state index is 12.4. The Kier molecular flexibility index (Phi) is 6.34. The molecule has 4 heteroatoms. The van der Waals surface area contributed by atoms with Gasteiger partial charge in [-0.1, -0.05) is 33.1 Å². The maximum Gasteiger partial charge on any atom is 0.317 e. The predicted molar refractivity (Wildman–Crippen MR) is 87.5 cm³/mol. The molecule has 0 spiro atoms. The van der Waals surface area contributed by atoms with Gasteiger partial charge in [0.05, 0.1) is 0 Å². The van der Waals surface area contributed by atoms with Crippen molar-refractivity contribution in [2.45, 2.75) is 70.9 Å². The fourth-order valence-electron chi connectivity index (χ4n) is 3.69. The fraction of sp³-hybridized carbons (Fsp3) is 0.941. The van der Waals surface area contributed by atoms with Gasteiger partial charge in [-0.3, -0.25) is 0 Å². The molecule has 0 atom stereocenters. The SMILES string of the molecule is CC(C)CN1CCC(NC(=O)N(C)C2CCCCC2)CC1. The van der Waals surface area contributed by atoms with Crippen molar-refractivity contribution >= 4 is 6.03 Å². The average Bonchev–Trinajstić information content (AvgIpc) is 2.49. The van der Waals surface area contributed by atoms with Crippen LogP contribution >= 0.6 is 0 Å². The second kappa shape index (κ2) is 8.02. The molecule has 0 aromatic heterocycles. The maximum atomic E-state index is 12.4. The molecule has 0 aromatic carbocycles. The molecule has 2 fully saturated rings. The highest BCUT2D eigenvalue weighted by Crippen LogP contribution is 2.22. The minimum Gasteiger partial charge on any atom is -0.335 e. The minimum absolute atomic E-state index is 0.143. The van der Waals surface area contributed by atoms with Gasteiger partial charge in [-0.2, -0.15) is 0 Å². The second-order valence-corrected chi connectivity index (χ2v) is 7.32. The number of piperidine rings is 1. The number of urea groups is 1. The Hall–Kier alpha value is -0.770. The van der Waals surface area contributed by atoms with E-state index >= 15 is 0 Å². The molecule has 1 heterocycles. The summed E-state index contributed by atoms with van der Waals surface area (Å²) in [5.74, 6) is 0.730. The lowest BCUT2D eigenvalue weighted by atomic mass is 9.94. The van der Waals surface area contributed by atoms with E-state index < -0.39 is 0 Å². The Morgan fingerprint density at radius 1 is 1.14 bits per heavy atom. The zero-order valence-corrected chi connectivity index (χ0v) is 14.1. The average molecular weight is 295 g/mol. The van der Waals surface area contributed by atoms with Crippen LogP contribution in [0.1, 0.15) is 58.8 Å². The van der Waals surface area contributed by atoms with Crippen LogP contribution in [0.15, 0.2) is 0 Å². The largest absolute Gasteiger partial charge is 0.335 e. The van der Waals surface area contributed by atoms with Gasteiger partial charge in [-0.25, -0.2) is 4.79 Å². The third-order valence-electron chi connectivity index (χ3n) is 4.98. The van der Waals surface area contributed by atoms with Crippen LogP contribution in [0.2, 0.25) is 0 Å². The molecule has 1 N–H and O–H groups in total. The van der Waals surface area contributed by atoms with Crippen molar-refractivity contribution in [3.8, 4) is 0 Å². The molecule has 2 amide bonds. The van der Waals surface area contributed by atoms with Crippen LogP contribution in [0.25, 0.3) is 0 Å². The summed E-state index contributed by atoms with van der Waals surface area (Å²) in [6, 6.07) is 0.968. The van der Waals surface area contributed by atoms with E-state index in [2.05, 4.69) is 24.1 Å². The van der Waals surface area contributed by atoms with Crippen LogP contribution < -0.4 is 5.32 Å². The van der Waals surface area contributed by atoms with Gasteiger partial charge in [0.2, 0.25) is 0 Å². The van der Waals surface area contributed by atoms with Crippen LogP contribution in [-0.4, -0.2) is 54.6 Å². The number of nitrogens with one attached hydrogen (secondary N) is 1. The zero-order chi connectivity index (χ0) is 15.2. The lowest BCUT2D eigenvalue weighted by Crippen LogP contribution is -2.51. The molecule has 1 saturated heterocycles. The summed E-state index contributed by atoms with van der Waals surface area (Å²) >= 11 is 0. The van der Waals surface area contributed by atoms with E-state index in [1.165, 1.54) is 38.6 Å². The molecular weight excluding hydrogens is 262 g/mol. The van der Waals surface area contributed by atoms with Crippen LogP contribution in [-0.2, 0) is 0 Å². The zero-order valence-electron chi connectivity index (χ0n) is 14.1. The molecule has 1 saturated carbocycles. The predicted octanol–water partition coefficient (Wildman–Crippen LogP) is 3.08. The standard InChI is InChI=1S/C17H33N3O/c1-14(2)13-20-11-9-15(10-12-20)18-17(21)19(3)16-7-5-4-6-8-16/h14-16H,4-13H2,1-3H3,(H,18,21). The number of hydrogen-bond donors (Lipinski definition) is 1. The van der Waals surface area contributed by atoms with Gasteiger partial charge in [0.1, 0.15) is 0 Å². The topological polar surface area (TPSA) is 35.6 Å². The van der Waals surface area contributed by atoms with Gasteiger partial charge in [0, 0.05) is 38.8 Å². The molecule has 0 bridgehead atoms. The third kappa shape index (κ3) is 5.17. The Morgan fingerprint density at radius 2 is 1.76 bits per heavy atom. The molecule has 1 aliphatic heterocycles. The fourth-order valence-corrected chi connectivity index (χ4v) is 3.69. The molecule has 21 heavy (non-hydrogen) atoms. The second-order valence-electron chi connectivity index (χ2n) is 7.32. The lowest BCUT2D eigenvalue weighted by molar-refractivity contribution is 0.152. The number of nitrogens with zero attached hydrogens (tertiary/aromatic N) is 2. The van der Waals surface area contributed by atoms with Gasteiger partial charge in [0.15, 0.2) is 0 Å². The van der Waals surface area contributed by atoms with Crippen LogP contribution in [0.3, 0.4) is 0 Å². The Morgan fingerprint density at radius 3 is 2.33 bits per heavy atom. The molecule has 4 nitrogen and oxygen atoms in total. The van der Waals surface area contributed by atoms with E-state index in [1.807, 2.05) is 11.9 Å². The van der Waals surface area contributed by atoms with E-state index in [0.29, 0.717) is 12.1 Å². The monoisotopic (exact) mass is 295 g/mol. The number of likely N-dealkylation sites (tertiary alicyclic amines) is 1. The molecule has 2 rings (SSSR count). The first kappa shape index (κ1) is 16.6. The highest BCUT2D eigenvalue weighted by molar-refractivity contribution is 5.74. The first-order chi connectivity index (χ1) is 10.1. The Labute approximate surface area is 130 Å². The molecule has 0 radical (unpaired) electrons. The highest BCUT2D eigenvalue weighted by Gasteiger charge is 2.25. The summed E-state index contributed by atoms with van der Waals surface area (Å²) in [6.45, 7) is 7.97. The van der Waals surface area contributed by atoms with Gasteiger partial charge >= 0.3 is 6.03 Å². The van der Waals surface area contributed by atoms with Gasteiger partial charge in [0.25, 0.3) is 0 Å². The van der Waals surface area contributed by atoms with E-state index in [-0.39, 0.29) is 6.03 Å². The number of amides is 2. The summed E-state index contributed by atoms with van der Waals surface area (Å²) in [5, 5.41) is 3.25. The number of hydrogen-bond acceptors (Lipinski definition) is 2. The molecule has 0 unspecified atom stereocenters. The van der Waals surface area contributed by atoms with Crippen molar-refractivity contribution in [3.05, 3.63) is 0 Å². The highest BCUT2D eigenvalue weighted by atomic mass is 16.2. The number of rotatable bonds is 4. The van der Waals surface area contributed by atoms with Crippen molar-refractivity contribution in [1.82, 2.24) is 15.1 Å². The first-order valence-corrected chi connectivity index (χ1v) is 8.82. The van der Waals surface area contributed by atoms with Crippen molar-refractivity contribution in [1.29, 1.82) is 0 Å². The van der Waals surface area contributed by atoms with Gasteiger partial charge in [-0.15, -0.1) is 0 Å².